The van der Waals surface area contributed by atoms with Crippen LogP contribution in [-0.2, 0) is 9.53 Å². The maximum absolute atomic E-state index is 12.7. The molecule has 0 saturated carbocycles. The summed E-state index contributed by atoms with van der Waals surface area (Å²) in [6.45, 7) is 2.36. The van der Waals surface area contributed by atoms with Gasteiger partial charge in [0.05, 0.1) is 5.69 Å². The summed E-state index contributed by atoms with van der Waals surface area (Å²) in [5, 5.41) is 6.19. The molecule has 3 heterocycles. The summed E-state index contributed by atoms with van der Waals surface area (Å²) in [6.07, 6.45) is 2.75. The van der Waals surface area contributed by atoms with Gasteiger partial charge in [-0.2, -0.15) is 0 Å². The topological polar surface area (TPSA) is 54.5 Å². The Morgan fingerprint density at radius 1 is 1.17 bits per heavy atom. The lowest BCUT2D eigenvalue weighted by Crippen LogP contribution is -2.43. The van der Waals surface area contributed by atoms with Gasteiger partial charge in [0.1, 0.15) is 6.04 Å². The minimum absolute atomic E-state index is 0.150. The van der Waals surface area contributed by atoms with Crippen molar-refractivity contribution < 1.29 is 9.53 Å². The Hall–Kier alpha value is -1.92. The molecule has 2 saturated heterocycles. The first-order valence-corrected chi connectivity index (χ1v) is 9.35. The van der Waals surface area contributed by atoms with Crippen LogP contribution in [0.2, 0.25) is 0 Å². The molecule has 1 unspecified atom stereocenters. The Morgan fingerprint density at radius 3 is 2.75 bits per heavy atom. The molecule has 2 fully saturated rings. The highest BCUT2D eigenvalue weighted by molar-refractivity contribution is 7.14. The van der Waals surface area contributed by atoms with Gasteiger partial charge in [-0.25, -0.2) is 4.98 Å². The lowest BCUT2D eigenvalue weighted by Gasteiger charge is -2.31. The average Bonchev–Trinajstić information content (AvgIpc) is 3.25. The third-order valence-electron chi connectivity index (χ3n) is 4.74. The van der Waals surface area contributed by atoms with E-state index in [2.05, 4.69) is 10.3 Å². The monoisotopic (exact) mass is 343 g/mol. The lowest BCUT2D eigenvalue weighted by molar-refractivity contribution is -0.131. The molecule has 2 aromatic rings. The number of likely N-dealkylation sites (tertiary alicyclic amines) is 1. The molecule has 1 atom stereocenters. The maximum atomic E-state index is 12.7. The standard InChI is InChI=1S/C18H21N3O2S/c22-17-15(6-9-21(17)14-7-10-23-11-8-14)19-18-20-16(12-24-18)13-4-2-1-3-5-13/h1-5,12,14-15H,6-11H2,(H,19,20). The van der Waals surface area contributed by atoms with Crippen LogP contribution in [0.15, 0.2) is 35.7 Å². The molecule has 1 amide bonds. The van der Waals surface area contributed by atoms with Crippen LogP contribution in [0.3, 0.4) is 0 Å². The average molecular weight is 343 g/mol. The van der Waals surface area contributed by atoms with E-state index in [1.165, 1.54) is 0 Å². The van der Waals surface area contributed by atoms with E-state index in [4.69, 9.17) is 4.74 Å². The Labute approximate surface area is 145 Å². The van der Waals surface area contributed by atoms with Crippen molar-refractivity contribution in [3.05, 3.63) is 35.7 Å². The molecule has 0 spiro atoms. The fourth-order valence-electron chi connectivity index (χ4n) is 3.43. The van der Waals surface area contributed by atoms with Crippen molar-refractivity contribution in [3.8, 4) is 11.3 Å². The first-order valence-electron chi connectivity index (χ1n) is 8.47. The number of thiazole rings is 1. The van der Waals surface area contributed by atoms with Crippen molar-refractivity contribution in [2.45, 2.75) is 31.3 Å². The summed E-state index contributed by atoms with van der Waals surface area (Å²) in [6, 6.07) is 10.3. The van der Waals surface area contributed by atoms with Crippen molar-refractivity contribution in [1.29, 1.82) is 0 Å². The summed E-state index contributed by atoms with van der Waals surface area (Å²) < 4.78 is 5.40. The quantitative estimate of drug-likeness (QED) is 0.927. The molecule has 2 aliphatic rings. The Balaban J connectivity index is 1.41. The number of ether oxygens (including phenoxy) is 1. The summed E-state index contributed by atoms with van der Waals surface area (Å²) in [7, 11) is 0. The number of hydrogen-bond donors (Lipinski definition) is 1. The molecular weight excluding hydrogens is 322 g/mol. The fourth-order valence-corrected chi connectivity index (χ4v) is 4.20. The number of nitrogens with one attached hydrogen (secondary N) is 1. The number of amides is 1. The van der Waals surface area contributed by atoms with Gasteiger partial charge in [-0.15, -0.1) is 11.3 Å². The predicted molar refractivity (Wildman–Crippen MR) is 95.1 cm³/mol. The van der Waals surface area contributed by atoms with Crippen molar-refractivity contribution in [3.63, 3.8) is 0 Å². The van der Waals surface area contributed by atoms with E-state index in [1.807, 2.05) is 40.6 Å². The van der Waals surface area contributed by atoms with Crippen molar-refractivity contribution in [2.24, 2.45) is 0 Å². The third kappa shape index (κ3) is 3.16. The second kappa shape index (κ2) is 6.91. The van der Waals surface area contributed by atoms with Crippen LogP contribution in [0.1, 0.15) is 19.3 Å². The Morgan fingerprint density at radius 2 is 1.96 bits per heavy atom. The molecule has 6 heteroatoms. The maximum Gasteiger partial charge on any atom is 0.245 e. The minimum Gasteiger partial charge on any atom is -0.381 e. The summed E-state index contributed by atoms with van der Waals surface area (Å²) >= 11 is 1.56. The van der Waals surface area contributed by atoms with Crippen LogP contribution in [0.5, 0.6) is 0 Å². The van der Waals surface area contributed by atoms with Gasteiger partial charge < -0.3 is 15.0 Å². The molecule has 1 N–H and O–H groups in total. The molecule has 1 aromatic carbocycles. The molecule has 2 aliphatic heterocycles. The smallest absolute Gasteiger partial charge is 0.245 e. The summed E-state index contributed by atoms with van der Waals surface area (Å²) in [5.41, 5.74) is 2.05. The molecule has 24 heavy (non-hydrogen) atoms. The van der Waals surface area contributed by atoms with Gasteiger partial charge in [0.15, 0.2) is 5.13 Å². The highest BCUT2D eigenvalue weighted by Gasteiger charge is 2.36. The van der Waals surface area contributed by atoms with E-state index in [0.29, 0.717) is 6.04 Å². The third-order valence-corrected chi connectivity index (χ3v) is 5.52. The zero-order valence-electron chi connectivity index (χ0n) is 13.5. The molecule has 1 aromatic heterocycles. The number of aromatic nitrogens is 1. The second-order valence-corrected chi connectivity index (χ2v) is 7.12. The number of carbonyl (C=O) groups excluding carboxylic acids is 1. The summed E-state index contributed by atoms with van der Waals surface area (Å²) in [5.74, 6) is 0.207. The van der Waals surface area contributed by atoms with Crippen LogP contribution >= 0.6 is 11.3 Å². The second-order valence-electron chi connectivity index (χ2n) is 6.26. The molecule has 0 aliphatic carbocycles. The molecule has 0 bridgehead atoms. The van der Waals surface area contributed by atoms with E-state index in [1.54, 1.807) is 11.3 Å². The van der Waals surface area contributed by atoms with Gasteiger partial charge in [-0.3, -0.25) is 4.79 Å². The number of nitrogens with zero attached hydrogens (tertiary/aromatic N) is 2. The van der Waals surface area contributed by atoms with Crippen LogP contribution in [0.25, 0.3) is 11.3 Å². The molecule has 0 radical (unpaired) electrons. The van der Waals surface area contributed by atoms with Gasteiger partial charge in [-0.05, 0) is 19.3 Å². The van der Waals surface area contributed by atoms with Gasteiger partial charge in [0, 0.05) is 36.7 Å². The highest BCUT2D eigenvalue weighted by atomic mass is 32.1. The van der Waals surface area contributed by atoms with Gasteiger partial charge in [0.25, 0.3) is 0 Å². The number of rotatable bonds is 4. The van der Waals surface area contributed by atoms with Crippen molar-refractivity contribution in [1.82, 2.24) is 9.88 Å². The zero-order valence-corrected chi connectivity index (χ0v) is 14.3. The SMILES string of the molecule is O=C1C(Nc2nc(-c3ccccc3)cs2)CCN1C1CCOCC1. The zero-order chi connectivity index (χ0) is 16.4. The Bertz CT molecular complexity index is 697. The number of hydrogen-bond acceptors (Lipinski definition) is 5. The lowest BCUT2D eigenvalue weighted by atomic mass is 10.1. The van der Waals surface area contributed by atoms with Crippen molar-refractivity contribution >= 4 is 22.4 Å². The Kier molecular flexibility index (Phi) is 4.49. The van der Waals surface area contributed by atoms with Gasteiger partial charge >= 0.3 is 0 Å². The van der Waals surface area contributed by atoms with E-state index in [9.17, 15) is 4.79 Å². The van der Waals surface area contributed by atoms with E-state index in [0.717, 1.165) is 55.4 Å². The van der Waals surface area contributed by atoms with E-state index < -0.39 is 0 Å². The van der Waals surface area contributed by atoms with Crippen LogP contribution in [-0.4, -0.2) is 47.6 Å². The first kappa shape index (κ1) is 15.6. The number of carbonyl (C=O) groups is 1. The first-order chi connectivity index (χ1) is 11.8. The van der Waals surface area contributed by atoms with Crippen LogP contribution < -0.4 is 5.32 Å². The van der Waals surface area contributed by atoms with E-state index in [-0.39, 0.29) is 11.9 Å². The summed E-state index contributed by atoms with van der Waals surface area (Å²) in [4.78, 5) is 19.4. The molecule has 126 valence electrons. The fraction of sp³-hybridized carbons (Fsp3) is 0.444. The van der Waals surface area contributed by atoms with Gasteiger partial charge in [0.2, 0.25) is 5.91 Å². The number of anilines is 1. The van der Waals surface area contributed by atoms with E-state index >= 15 is 0 Å². The minimum atomic E-state index is -0.150. The molecule has 4 rings (SSSR count). The normalized spacial score (nSPS) is 22.1. The highest BCUT2D eigenvalue weighted by Crippen LogP contribution is 2.28. The largest absolute Gasteiger partial charge is 0.381 e. The molecular formula is C18H21N3O2S. The van der Waals surface area contributed by atoms with Crippen LogP contribution in [0, 0.1) is 0 Å². The number of benzene rings is 1. The van der Waals surface area contributed by atoms with Crippen molar-refractivity contribution in [2.75, 3.05) is 25.1 Å². The molecule has 5 nitrogen and oxygen atoms in total. The predicted octanol–water partition coefficient (Wildman–Crippen LogP) is 3.00. The van der Waals surface area contributed by atoms with Crippen LogP contribution in [0.4, 0.5) is 5.13 Å². The van der Waals surface area contributed by atoms with Gasteiger partial charge in [-0.1, -0.05) is 30.3 Å².